The molecule has 0 amide bonds. The molecule has 1 N–H and O–H groups in total. The van der Waals surface area contributed by atoms with Gasteiger partial charge in [0, 0.05) is 37.4 Å². The topological polar surface area (TPSA) is 24.5 Å². The maximum atomic E-state index is 5.56. The minimum Gasteiger partial charge on any atom is -0.494 e. The quantitative estimate of drug-likeness (QED) is 0.865. The van der Waals surface area contributed by atoms with Gasteiger partial charge in [0.1, 0.15) is 5.75 Å². The second-order valence-electron chi connectivity index (χ2n) is 4.39. The van der Waals surface area contributed by atoms with Crippen molar-refractivity contribution in [1.29, 1.82) is 0 Å². The number of hydrogen-bond donors (Lipinski definition) is 1. The van der Waals surface area contributed by atoms with Crippen LogP contribution in [-0.4, -0.2) is 32.3 Å². The van der Waals surface area contributed by atoms with Gasteiger partial charge < -0.3 is 15.0 Å². The first-order chi connectivity index (χ1) is 8.35. The molecule has 1 heterocycles. The number of hydrogen-bond acceptors (Lipinski definition) is 3. The number of piperazine rings is 1. The van der Waals surface area contributed by atoms with Gasteiger partial charge in [0.15, 0.2) is 0 Å². The summed E-state index contributed by atoms with van der Waals surface area (Å²) in [4.78, 5) is 2.49. The first kappa shape index (κ1) is 12.2. The fourth-order valence-corrected chi connectivity index (χ4v) is 2.38. The third kappa shape index (κ3) is 2.91. The zero-order valence-corrected chi connectivity index (χ0v) is 10.8. The second-order valence-corrected chi connectivity index (χ2v) is 4.39. The first-order valence-electron chi connectivity index (χ1n) is 6.55. The van der Waals surface area contributed by atoms with Crippen molar-refractivity contribution >= 4 is 5.69 Å². The van der Waals surface area contributed by atoms with Crippen molar-refractivity contribution in [3.8, 4) is 5.75 Å². The van der Waals surface area contributed by atoms with Crippen molar-refractivity contribution in [2.45, 2.75) is 26.3 Å². The minimum atomic E-state index is 0.598. The molecule has 3 heteroatoms. The lowest BCUT2D eigenvalue weighted by Gasteiger charge is -2.37. The molecule has 1 aromatic rings. The summed E-state index contributed by atoms with van der Waals surface area (Å²) in [6.07, 6.45) is 1.17. The molecule has 94 valence electrons. The zero-order chi connectivity index (χ0) is 12.1. The van der Waals surface area contributed by atoms with E-state index < -0.39 is 0 Å². The fourth-order valence-electron chi connectivity index (χ4n) is 2.38. The van der Waals surface area contributed by atoms with Gasteiger partial charge in [-0.25, -0.2) is 0 Å². The molecule has 0 aromatic heterocycles. The Balaban J connectivity index is 2.16. The standard InChI is InChI=1S/C14H22N2O/c1-3-12-11-15-8-9-16(12)13-6-5-7-14(10-13)17-4-2/h5-7,10,12,15H,3-4,8-9,11H2,1-2H3. The monoisotopic (exact) mass is 234 g/mol. The van der Waals surface area contributed by atoms with Crippen LogP contribution in [0.3, 0.4) is 0 Å². The predicted molar refractivity (Wildman–Crippen MR) is 71.9 cm³/mol. The maximum absolute atomic E-state index is 5.56. The normalized spacial score (nSPS) is 20.4. The molecule has 1 atom stereocenters. The van der Waals surface area contributed by atoms with E-state index in [1.807, 2.05) is 13.0 Å². The Morgan fingerprint density at radius 2 is 2.29 bits per heavy atom. The van der Waals surface area contributed by atoms with Crippen LogP contribution in [0.4, 0.5) is 5.69 Å². The van der Waals surface area contributed by atoms with Crippen molar-refractivity contribution in [2.24, 2.45) is 0 Å². The van der Waals surface area contributed by atoms with Gasteiger partial charge in [-0.2, -0.15) is 0 Å². The number of benzene rings is 1. The highest BCUT2D eigenvalue weighted by Crippen LogP contribution is 2.24. The maximum Gasteiger partial charge on any atom is 0.121 e. The molecule has 0 spiro atoms. The average Bonchev–Trinajstić information content (AvgIpc) is 2.39. The molecule has 3 nitrogen and oxygen atoms in total. The van der Waals surface area contributed by atoms with Crippen LogP contribution in [0.2, 0.25) is 0 Å². The van der Waals surface area contributed by atoms with E-state index in [4.69, 9.17) is 4.74 Å². The van der Waals surface area contributed by atoms with Gasteiger partial charge in [-0.3, -0.25) is 0 Å². The smallest absolute Gasteiger partial charge is 0.121 e. The average molecular weight is 234 g/mol. The Hall–Kier alpha value is -1.22. The molecular weight excluding hydrogens is 212 g/mol. The molecule has 2 rings (SSSR count). The van der Waals surface area contributed by atoms with E-state index in [0.29, 0.717) is 6.04 Å². The Morgan fingerprint density at radius 3 is 3.06 bits per heavy atom. The van der Waals surface area contributed by atoms with E-state index in [-0.39, 0.29) is 0 Å². The molecular formula is C14H22N2O. The van der Waals surface area contributed by atoms with Crippen LogP contribution in [-0.2, 0) is 0 Å². The summed E-state index contributed by atoms with van der Waals surface area (Å²) < 4.78 is 5.56. The molecule has 1 saturated heterocycles. The lowest BCUT2D eigenvalue weighted by molar-refractivity contribution is 0.340. The molecule has 1 aromatic carbocycles. The van der Waals surface area contributed by atoms with Crippen molar-refractivity contribution in [3.05, 3.63) is 24.3 Å². The number of ether oxygens (including phenoxy) is 1. The summed E-state index contributed by atoms with van der Waals surface area (Å²) in [5.74, 6) is 0.971. The highest BCUT2D eigenvalue weighted by atomic mass is 16.5. The molecule has 1 aliphatic rings. The molecule has 0 bridgehead atoms. The Morgan fingerprint density at radius 1 is 1.41 bits per heavy atom. The van der Waals surface area contributed by atoms with E-state index in [1.54, 1.807) is 0 Å². The molecule has 17 heavy (non-hydrogen) atoms. The third-order valence-electron chi connectivity index (χ3n) is 3.28. The van der Waals surface area contributed by atoms with Crippen LogP contribution in [0.25, 0.3) is 0 Å². The Kier molecular flexibility index (Phi) is 4.26. The van der Waals surface area contributed by atoms with Gasteiger partial charge in [-0.1, -0.05) is 13.0 Å². The zero-order valence-electron chi connectivity index (χ0n) is 10.8. The summed E-state index contributed by atoms with van der Waals surface area (Å²) in [5, 5.41) is 3.45. The van der Waals surface area contributed by atoms with E-state index >= 15 is 0 Å². The van der Waals surface area contributed by atoms with Crippen molar-refractivity contribution in [2.75, 3.05) is 31.1 Å². The summed E-state index contributed by atoms with van der Waals surface area (Å²) in [6, 6.07) is 9.03. The van der Waals surface area contributed by atoms with E-state index in [9.17, 15) is 0 Å². The van der Waals surface area contributed by atoms with Gasteiger partial charge in [0.2, 0.25) is 0 Å². The highest BCUT2D eigenvalue weighted by Gasteiger charge is 2.20. The summed E-state index contributed by atoms with van der Waals surface area (Å²) in [6.45, 7) is 8.21. The number of anilines is 1. The number of nitrogens with zero attached hydrogens (tertiary/aromatic N) is 1. The van der Waals surface area contributed by atoms with Crippen LogP contribution in [0.5, 0.6) is 5.75 Å². The number of rotatable bonds is 4. The summed E-state index contributed by atoms with van der Waals surface area (Å²) in [7, 11) is 0. The van der Waals surface area contributed by atoms with Gasteiger partial charge in [-0.15, -0.1) is 0 Å². The Bertz CT molecular complexity index is 354. The molecule has 0 radical (unpaired) electrons. The van der Waals surface area contributed by atoms with Gasteiger partial charge in [-0.05, 0) is 25.5 Å². The predicted octanol–water partition coefficient (Wildman–Crippen LogP) is 2.27. The molecule has 1 fully saturated rings. The molecule has 0 aliphatic carbocycles. The SMILES string of the molecule is CCOc1cccc(N2CCNCC2CC)c1. The number of nitrogens with one attached hydrogen (secondary N) is 1. The van der Waals surface area contributed by atoms with Gasteiger partial charge in [0.05, 0.1) is 6.61 Å². The molecule has 1 aliphatic heterocycles. The van der Waals surface area contributed by atoms with Crippen LogP contribution in [0.15, 0.2) is 24.3 Å². The van der Waals surface area contributed by atoms with Crippen molar-refractivity contribution in [1.82, 2.24) is 5.32 Å². The summed E-state index contributed by atoms with van der Waals surface area (Å²) >= 11 is 0. The van der Waals surface area contributed by atoms with Crippen LogP contribution in [0, 0.1) is 0 Å². The molecule has 0 saturated carbocycles. The van der Waals surface area contributed by atoms with E-state index in [1.165, 1.54) is 12.1 Å². The van der Waals surface area contributed by atoms with Crippen LogP contribution in [0.1, 0.15) is 20.3 Å². The van der Waals surface area contributed by atoms with Crippen molar-refractivity contribution < 1.29 is 4.74 Å². The van der Waals surface area contributed by atoms with E-state index in [0.717, 1.165) is 32.0 Å². The lowest BCUT2D eigenvalue weighted by atomic mass is 10.1. The van der Waals surface area contributed by atoms with Crippen LogP contribution >= 0.6 is 0 Å². The largest absolute Gasteiger partial charge is 0.494 e. The highest BCUT2D eigenvalue weighted by molar-refractivity contribution is 5.52. The first-order valence-corrected chi connectivity index (χ1v) is 6.55. The van der Waals surface area contributed by atoms with Crippen molar-refractivity contribution in [3.63, 3.8) is 0 Å². The minimum absolute atomic E-state index is 0.598. The third-order valence-corrected chi connectivity index (χ3v) is 3.28. The lowest BCUT2D eigenvalue weighted by Crippen LogP contribution is -2.51. The van der Waals surface area contributed by atoms with E-state index in [2.05, 4.69) is 35.3 Å². The van der Waals surface area contributed by atoms with Gasteiger partial charge in [0.25, 0.3) is 0 Å². The molecule has 1 unspecified atom stereocenters. The van der Waals surface area contributed by atoms with Crippen LogP contribution < -0.4 is 15.0 Å². The second kappa shape index (κ2) is 5.92. The summed E-state index contributed by atoms with van der Waals surface area (Å²) in [5.41, 5.74) is 1.28. The van der Waals surface area contributed by atoms with Gasteiger partial charge >= 0.3 is 0 Å². The fraction of sp³-hybridized carbons (Fsp3) is 0.571. The Labute approximate surface area is 104 Å².